The SMILES string of the molecule is CC/C=C\C/C=C\C/C=C\C/C=C\C/C=C\CCCCCCCCCC(=O)OC(COC(=O)CCCCCCCCCCC)COC(=O)CCCCCCCCCCCCCCCCCCCCCCCCCC. The van der Waals surface area contributed by atoms with E-state index >= 15 is 0 Å². The minimum absolute atomic E-state index is 0.0745. The number of carbonyl (C=O) groups is 3. The molecule has 1 unspecified atom stereocenters. The number of esters is 3. The summed E-state index contributed by atoms with van der Waals surface area (Å²) in [5, 5.41) is 0. The standard InChI is InChI=1S/C68H122O6/c1-4-7-10-13-16-19-21-23-25-27-29-31-33-35-36-38-40-42-44-46-49-52-55-58-61-67(70)73-64-65(63-72-66(69)60-57-54-51-48-18-15-12-9-6-3)74-68(71)62-59-56-53-50-47-45-43-41-39-37-34-32-30-28-26-24-22-20-17-14-11-8-5-2/h8,11,17,20,24,26,30,32,37,39,65H,4-7,9-10,12-16,18-19,21-23,25,27-29,31,33-36,38,40-64H2,1-3H3/b11-8-,20-17-,26-24-,32-30-,39-37-. The zero-order valence-corrected chi connectivity index (χ0v) is 49.4. The fourth-order valence-corrected chi connectivity index (χ4v) is 9.47. The van der Waals surface area contributed by atoms with Crippen molar-refractivity contribution in [3.8, 4) is 0 Å². The Morgan fingerprint density at radius 1 is 0.284 bits per heavy atom. The molecule has 0 bridgehead atoms. The molecule has 0 radical (unpaired) electrons. The lowest BCUT2D eigenvalue weighted by Crippen LogP contribution is -2.30. The highest BCUT2D eigenvalue weighted by Gasteiger charge is 2.19. The minimum Gasteiger partial charge on any atom is -0.462 e. The number of rotatable bonds is 59. The Kier molecular flexibility index (Phi) is 60.2. The molecule has 0 amide bonds. The summed E-state index contributed by atoms with van der Waals surface area (Å²) < 4.78 is 16.9. The number of unbranched alkanes of at least 4 members (excludes halogenated alkanes) is 38. The lowest BCUT2D eigenvalue weighted by molar-refractivity contribution is -0.167. The summed E-state index contributed by atoms with van der Waals surface area (Å²) >= 11 is 0. The average Bonchev–Trinajstić information content (AvgIpc) is 3.40. The molecule has 0 aliphatic rings. The van der Waals surface area contributed by atoms with Gasteiger partial charge in [-0.25, -0.2) is 0 Å². The molecule has 0 aromatic carbocycles. The van der Waals surface area contributed by atoms with Crippen molar-refractivity contribution in [1.29, 1.82) is 0 Å². The predicted octanol–water partition coefficient (Wildman–Crippen LogP) is 21.9. The molecule has 74 heavy (non-hydrogen) atoms. The van der Waals surface area contributed by atoms with E-state index in [1.807, 2.05) is 0 Å². The fourth-order valence-electron chi connectivity index (χ4n) is 9.47. The van der Waals surface area contributed by atoms with Gasteiger partial charge in [0, 0.05) is 19.3 Å². The van der Waals surface area contributed by atoms with Gasteiger partial charge in [-0.1, -0.05) is 313 Å². The molecular weight excluding hydrogens is 913 g/mol. The van der Waals surface area contributed by atoms with Crippen LogP contribution in [-0.2, 0) is 28.6 Å². The normalized spacial score (nSPS) is 12.4. The van der Waals surface area contributed by atoms with Crippen molar-refractivity contribution in [2.75, 3.05) is 13.2 Å². The molecule has 0 aromatic heterocycles. The molecule has 0 aromatic rings. The molecule has 0 aliphatic carbocycles. The second-order valence-electron chi connectivity index (χ2n) is 21.7. The largest absolute Gasteiger partial charge is 0.462 e. The van der Waals surface area contributed by atoms with Crippen LogP contribution in [0.1, 0.15) is 335 Å². The van der Waals surface area contributed by atoms with Crippen molar-refractivity contribution in [1.82, 2.24) is 0 Å². The Hall–Kier alpha value is -2.89. The topological polar surface area (TPSA) is 78.9 Å². The average molecular weight is 1040 g/mol. The third-order valence-corrected chi connectivity index (χ3v) is 14.3. The van der Waals surface area contributed by atoms with Gasteiger partial charge in [-0.05, 0) is 64.2 Å². The van der Waals surface area contributed by atoms with Crippen molar-refractivity contribution in [2.24, 2.45) is 0 Å². The summed E-state index contributed by atoms with van der Waals surface area (Å²) in [5.41, 5.74) is 0. The minimum atomic E-state index is -0.777. The second-order valence-corrected chi connectivity index (χ2v) is 21.7. The molecule has 0 saturated carbocycles. The van der Waals surface area contributed by atoms with Gasteiger partial charge in [-0.15, -0.1) is 0 Å². The maximum Gasteiger partial charge on any atom is 0.306 e. The zero-order chi connectivity index (χ0) is 53.6. The fraction of sp³-hybridized carbons (Fsp3) is 0.809. The Bertz CT molecular complexity index is 1330. The lowest BCUT2D eigenvalue weighted by atomic mass is 10.0. The highest BCUT2D eigenvalue weighted by molar-refractivity contribution is 5.71. The van der Waals surface area contributed by atoms with Gasteiger partial charge in [0.2, 0.25) is 0 Å². The van der Waals surface area contributed by atoms with Crippen LogP contribution in [0, 0.1) is 0 Å². The van der Waals surface area contributed by atoms with E-state index in [0.717, 1.165) is 96.3 Å². The third kappa shape index (κ3) is 60.0. The van der Waals surface area contributed by atoms with Gasteiger partial charge in [0.25, 0.3) is 0 Å². The first-order chi connectivity index (χ1) is 36.5. The number of allylic oxidation sites excluding steroid dienone is 10. The summed E-state index contributed by atoms with van der Waals surface area (Å²) in [7, 11) is 0. The van der Waals surface area contributed by atoms with Gasteiger partial charge in [-0.3, -0.25) is 14.4 Å². The van der Waals surface area contributed by atoms with E-state index in [1.165, 1.54) is 199 Å². The first-order valence-electron chi connectivity index (χ1n) is 32.3. The Morgan fingerprint density at radius 2 is 0.527 bits per heavy atom. The highest BCUT2D eigenvalue weighted by atomic mass is 16.6. The van der Waals surface area contributed by atoms with Gasteiger partial charge < -0.3 is 14.2 Å². The van der Waals surface area contributed by atoms with Crippen LogP contribution in [0.4, 0.5) is 0 Å². The first-order valence-corrected chi connectivity index (χ1v) is 32.3. The molecule has 6 heteroatoms. The van der Waals surface area contributed by atoms with Crippen molar-refractivity contribution in [2.45, 2.75) is 341 Å². The number of hydrogen-bond donors (Lipinski definition) is 0. The van der Waals surface area contributed by atoms with Crippen LogP contribution >= 0.6 is 0 Å². The summed E-state index contributed by atoms with van der Waals surface area (Å²) in [5.74, 6) is -0.870. The quantitative estimate of drug-likeness (QED) is 0.0261. The van der Waals surface area contributed by atoms with Crippen molar-refractivity contribution in [3.05, 3.63) is 60.8 Å². The van der Waals surface area contributed by atoms with Crippen LogP contribution in [0.2, 0.25) is 0 Å². The molecule has 0 rings (SSSR count). The maximum atomic E-state index is 12.9. The number of hydrogen-bond acceptors (Lipinski definition) is 6. The molecule has 1 atom stereocenters. The molecule has 0 N–H and O–H groups in total. The maximum absolute atomic E-state index is 12.9. The summed E-state index contributed by atoms with van der Waals surface area (Å²) in [6.07, 6.45) is 79.6. The van der Waals surface area contributed by atoms with E-state index < -0.39 is 6.10 Å². The summed E-state index contributed by atoms with van der Waals surface area (Å²) in [4.78, 5) is 38.2. The predicted molar refractivity (Wildman–Crippen MR) is 321 cm³/mol. The van der Waals surface area contributed by atoms with E-state index in [9.17, 15) is 14.4 Å². The zero-order valence-electron chi connectivity index (χ0n) is 49.4. The Morgan fingerprint density at radius 3 is 0.824 bits per heavy atom. The summed E-state index contributed by atoms with van der Waals surface area (Å²) in [6, 6.07) is 0. The van der Waals surface area contributed by atoms with Gasteiger partial charge in [0.1, 0.15) is 13.2 Å². The van der Waals surface area contributed by atoms with Gasteiger partial charge in [0.05, 0.1) is 0 Å². The Balaban J connectivity index is 4.20. The molecule has 6 nitrogen and oxygen atoms in total. The Labute approximate surface area is 460 Å². The molecule has 0 heterocycles. The molecule has 0 spiro atoms. The van der Waals surface area contributed by atoms with Crippen LogP contribution in [0.15, 0.2) is 60.8 Å². The van der Waals surface area contributed by atoms with Crippen LogP contribution in [-0.4, -0.2) is 37.2 Å². The smallest absolute Gasteiger partial charge is 0.306 e. The van der Waals surface area contributed by atoms with E-state index in [4.69, 9.17) is 14.2 Å². The van der Waals surface area contributed by atoms with Crippen LogP contribution in [0.3, 0.4) is 0 Å². The van der Waals surface area contributed by atoms with Crippen molar-refractivity contribution in [3.63, 3.8) is 0 Å². The second kappa shape index (κ2) is 62.6. The highest BCUT2D eigenvalue weighted by Crippen LogP contribution is 2.18. The van der Waals surface area contributed by atoms with E-state index in [2.05, 4.69) is 81.5 Å². The third-order valence-electron chi connectivity index (χ3n) is 14.3. The number of ether oxygens (including phenoxy) is 3. The van der Waals surface area contributed by atoms with E-state index in [-0.39, 0.29) is 31.1 Å². The van der Waals surface area contributed by atoms with Crippen LogP contribution in [0.5, 0.6) is 0 Å². The van der Waals surface area contributed by atoms with Crippen molar-refractivity contribution >= 4 is 17.9 Å². The molecule has 0 saturated heterocycles. The van der Waals surface area contributed by atoms with E-state index in [0.29, 0.717) is 19.3 Å². The molecule has 430 valence electrons. The van der Waals surface area contributed by atoms with Gasteiger partial charge in [0.15, 0.2) is 6.10 Å². The molecular formula is C68H122O6. The van der Waals surface area contributed by atoms with Gasteiger partial charge >= 0.3 is 17.9 Å². The van der Waals surface area contributed by atoms with Crippen LogP contribution in [0.25, 0.3) is 0 Å². The van der Waals surface area contributed by atoms with E-state index in [1.54, 1.807) is 0 Å². The monoisotopic (exact) mass is 1030 g/mol. The lowest BCUT2D eigenvalue weighted by Gasteiger charge is -2.18. The first kappa shape index (κ1) is 71.1. The van der Waals surface area contributed by atoms with Crippen molar-refractivity contribution < 1.29 is 28.6 Å². The summed E-state index contributed by atoms with van der Waals surface area (Å²) in [6.45, 7) is 6.55. The van der Waals surface area contributed by atoms with Gasteiger partial charge in [-0.2, -0.15) is 0 Å². The molecule has 0 fully saturated rings. The van der Waals surface area contributed by atoms with Crippen LogP contribution < -0.4 is 0 Å². The number of carbonyl (C=O) groups excluding carboxylic acids is 3. The molecule has 0 aliphatic heterocycles.